The van der Waals surface area contributed by atoms with Crippen molar-refractivity contribution in [3.05, 3.63) is 77.9 Å². The molecule has 0 fully saturated rings. The molecule has 2 heterocycles. The number of nitrogens with zero attached hydrogens (tertiary/aromatic N) is 4. The summed E-state index contributed by atoms with van der Waals surface area (Å²) >= 11 is 0. The van der Waals surface area contributed by atoms with Crippen LogP contribution < -0.4 is 10.1 Å². The van der Waals surface area contributed by atoms with E-state index in [9.17, 15) is 13.6 Å². The Hall–Kier alpha value is -3.88. The van der Waals surface area contributed by atoms with E-state index < -0.39 is 0 Å². The van der Waals surface area contributed by atoms with E-state index in [1.807, 2.05) is 0 Å². The lowest BCUT2D eigenvalue weighted by atomic mass is 10.1. The fourth-order valence-electron chi connectivity index (χ4n) is 2.85. The summed E-state index contributed by atoms with van der Waals surface area (Å²) in [4.78, 5) is 12.0. The third-order valence-electron chi connectivity index (χ3n) is 4.27. The summed E-state index contributed by atoms with van der Waals surface area (Å²) in [5, 5.41) is 15.1. The highest BCUT2D eigenvalue weighted by Crippen LogP contribution is 2.19. The normalized spacial score (nSPS) is 10.9. The lowest BCUT2D eigenvalue weighted by Crippen LogP contribution is -2.29. The van der Waals surface area contributed by atoms with Crippen LogP contribution in [0.4, 0.5) is 8.78 Å². The van der Waals surface area contributed by atoms with Crippen molar-refractivity contribution in [3.8, 4) is 17.3 Å². The number of ether oxygens (including phenoxy) is 1. The summed E-state index contributed by atoms with van der Waals surface area (Å²) < 4.78 is 33.5. The van der Waals surface area contributed by atoms with E-state index in [0.29, 0.717) is 22.9 Å². The van der Waals surface area contributed by atoms with Crippen molar-refractivity contribution in [2.45, 2.75) is 6.42 Å². The molecule has 2 aromatic heterocycles. The Balaban J connectivity index is 1.34. The van der Waals surface area contributed by atoms with Crippen LogP contribution >= 0.6 is 0 Å². The largest absolute Gasteiger partial charge is 0.475 e. The van der Waals surface area contributed by atoms with Crippen LogP contribution in [0.3, 0.4) is 0 Å². The number of hydrogen-bond acceptors (Lipinski definition) is 5. The summed E-state index contributed by atoms with van der Waals surface area (Å²) in [6.45, 7) is 0.476. The second-order valence-electron chi connectivity index (χ2n) is 6.48. The molecular formula is C21H17F2N5O2. The number of carbonyl (C=O) groups excluding carboxylic acids is 1. The van der Waals surface area contributed by atoms with Crippen LogP contribution in [0.15, 0.2) is 60.7 Å². The minimum Gasteiger partial charge on any atom is -0.475 e. The van der Waals surface area contributed by atoms with Crippen LogP contribution in [0, 0.1) is 11.6 Å². The molecule has 4 aromatic rings. The van der Waals surface area contributed by atoms with Crippen molar-refractivity contribution in [3.63, 3.8) is 0 Å². The Bertz CT molecular complexity index is 1180. The molecule has 1 amide bonds. The highest BCUT2D eigenvalue weighted by molar-refractivity contribution is 5.78. The quantitative estimate of drug-likeness (QED) is 0.475. The number of fused-ring (bicyclic) bond motifs is 1. The van der Waals surface area contributed by atoms with Gasteiger partial charge in [-0.15, -0.1) is 15.3 Å². The molecule has 0 bridgehead atoms. The van der Waals surface area contributed by atoms with Gasteiger partial charge >= 0.3 is 0 Å². The predicted molar refractivity (Wildman–Crippen MR) is 105 cm³/mol. The molecule has 30 heavy (non-hydrogen) atoms. The van der Waals surface area contributed by atoms with Crippen molar-refractivity contribution in [2.75, 3.05) is 13.2 Å². The lowest BCUT2D eigenvalue weighted by molar-refractivity contribution is -0.120. The van der Waals surface area contributed by atoms with Gasteiger partial charge in [-0.1, -0.05) is 24.3 Å². The molecule has 0 aliphatic carbocycles. The van der Waals surface area contributed by atoms with Gasteiger partial charge < -0.3 is 10.1 Å². The zero-order valence-corrected chi connectivity index (χ0v) is 15.8. The average Bonchev–Trinajstić information content (AvgIpc) is 3.16. The first-order chi connectivity index (χ1) is 14.6. The smallest absolute Gasteiger partial charge is 0.231 e. The first-order valence-electron chi connectivity index (χ1n) is 9.21. The Morgan fingerprint density at radius 1 is 1.00 bits per heavy atom. The van der Waals surface area contributed by atoms with Crippen LogP contribution in [-0.4, -0.2) is 38.9 Å². The van der Waals surface area contributed by atoms with Crippen LogP contribution in [0.1, 0.15) is 5.56 Å². The maximum absolute atomic E-state index is 13.5. The SMILES string of the molecule is O=C(Cc1ccc(F)cc1)NCCOc1ccc2nnc(-c3cccc(F)c3)n2n1. The maximum atomic E-state index is 13.5. The molecule has 0 aliphatic heterocycles. The molecule has 1 N–H and O–H groups in total. The van der Waals surface area contributed by atoms with Gasteiger partial charge in [-0.3, -0.25) is 4.79 Å². The summed E-state index contributed by atoms with van der Waals surface area (Å²) in [5.74, 6) is -0.213. The molecule has 0 saturated heterocycles. The van der Waals surface area contributed by atoms with E-state index >= 15 is 0 Å². The topological polar surface area (TPSA) is 81.4 Å². The van der Waals surface area contributed by atoms with Crippen molar-refractivity contribution < 1.29 is 18.3 Å². The zero-order valence-electron chi connectivity index (χ0n) is 15.8. The highest BCUT2D eigenvalue weighted by Gasteiger charge is 2.11. The fraction of sp³-hybridized carbons (Fsp3) is 0.143. The van der Waals surface area contributed by atoms with Gasteiger partial charge in [0.2, 0.25) is 11.8 Å². The lowest BCUT2D eigenvalue weighted by Gasteiger charge is -2.08. The summed E-state index contributed by atoms with van der Waals surface area (Å²) in [5.41, 5.74) is 1.76. The van der Waals surface area contributed by atoms with E-state index in [0.717, 1.165) is 5.56 Å². The van der Waals surface area contributed by atoms with Crippen molar-refractivity contribution in [2.24, 2.45) is 0 Å². The molecule has 0 unspecified atom stereocenters. The number of amides is 1. The fourth-order valence-corrected chi connectivity index (χ4v) is 2.85. The highest BCUT2D eigenvalue weighted by atomic mass is 19.1. The molecule has 9 heteroatoms. The van der Waals surface area contributed by atoms with Gasteiger partial charge in [-0.25, -0.2) is 8.78 Å². The Labute approximate surface area is 170 Å². The zero-order chi connectivity index (χ0) is 20.9. The monoisotopic (exact) mass is 409 g/mol. The van der Waals surface area contributed by atoms with Crippen molar-refractivity contribution in [1.82, 2.24) is 25.1 Å². The van der Waals surface area contributed by atoms with Gasteiger partial charge in [0, 0.05) is 11.6 Å². The summed E-state index contributed by atoms with van der Waals surface area (Å²) in [7, 11) is 0. The molecule has 0 atom stereocenters. The first-order valence-corrected chi connectivity index (χ1v) is 9.21. The average molecular weight is 409 g/mol. The molecule has 0 spiro atoms. The van der Waals surface area contributed by atoms with Crippen molar-refractivity contribution in [1.29, 1.82) is 0 Å². The summed E-state index contributed by atoms with van der Waals surface area (Å²) in [6, 6.07) is 15.1. The van der Waals surface area contributed by atoms with Gasteiger partial charge in [0.1, 0.15) is 18.2 Å². The summed E-state index contributed by atoms with van der Waals surface area (Å²) in [6.07, 6.45) is 0.155. The Morgan fingerprint density at radius 3 is 2.63 bits per heavy atom. The van der Waals surface area contributed by atoms with E-state index in [1.165, 1.54) is 28.8 Å². The number of benzene rings is 2. The molecular weight excluding hydrogens is 392 g/mol. The minimum absolute atomic E-state index is 0.155. The number of carbonyl (C=O) groups is 1. The standard InChI is InChI=1S/C21H17F2N5O2/c22-16-6-4-14(5-7-16)12-19(29)24-10-11-30-20-9-8-18-25-26-21(28(18)27-20)15-2-1-3-17(23)13-15/h1-9,13H,10-12H2,(H,24,29). The molecule has 2 aromatic carbocycles. The van der Waals surface area contributed by atoms with Gasteiger partial charge in [-0.2, -0.15) is 4.52 Å². The molecule has 4 rings (SSSR count). The van der Waals surface area contributed by atoms with Crippen molar-refractivity contribution >= 4 is 11.6 Å². The third-order valence-corrected chi connectivity index (χ3v) is 4.27. The van der Waals surface area contributed by atoms with Crippen LogP contribution in [0.5, 0.6) is 5.88 Å². The van der Waals surface area contributed by atoms with Crippen LogP contribution in [0.25, 0.3) is 17.0 Å². The Morgan fingerprint density at radius 2 is 1.83 bits per heavy atom. The third kappa shape index (κ3) is 4.57. The predicted octanol–water partition coefficient (Wildman–Crippen LogP) is 2.81. The minimum atomic E-state index is -0.381. The molecule has 0 saturated carbocycles. The van der Waals surface area contributed by atoms with Crippen LogP contribution in [-0.2, 0) is 11.2 Å². The number of rotatable bonds is 7. The number of halogens is 2. The Kier molecular flexibility index (Phi) is 5.60. The maximum Gasteiger partial charge on any atom is 0.231 e. The van der Waals surface area contributed by atoms with Gasteiger partial charge in [0.05, 0.1) is 13.0 Å². The number of aromatic nitrogens is 4. The van der Waals surface area contributed by atoms with Gasteiger partial charge in [0.25, 0.3) is 0 Å². The molecule has 7 nitrogen and oxygen atoms in total. The van der Waals surface area contributed by atoms with E-state index in [-0.39, 0.29) is 37.1 Å². The second kappa shape index (κ2) is 8.64. The van der Waals surface area contributed by atoms with Crippen LogP contribution in [0.2, 0.25) is 0 Å². The van der Waals surface area contributed by atoms with Gasteiger partial charge in [0.15, 0.2) is 11.5 Å². The molecule has 0 radical (unpaired) electrons. The van der Waals surface area contributed by atoms with E-state index in [2.05, 4.69) is 20.6 Å². The van der Waals surface area contributed by atoms with E-state index in [1.54, 1.807) is 36.4 Å². The van der Waals surface area contributed by atoms with E-state index in [4.69, 9.17) is 4.74 Å². The number of nitrogens with one attached hydrogen (secondary N) is 1. The molecule has 152 valence electrons. The number of hydrogen-bond donors (Lipinski definition) is 1. The molecule has 0 aliphatic rings. The first kappa shape index (κ1) is 19.4. The second-order valence-corrected chi connectivity index (χ2v) is 6.48. The van der Waals surface area contributed by atoms with Gasteiger partial charge in [-0.05, 0) is 35.9 Å².